The summed E-state index contributed by atoms with van der Waals surface area (Å²) < 4.78 is 0. The molecule has 0 radical (unpaired) electrons. The van der Waals surface area contributed by atoms with Gasteiger partial charge in [0.2, 0.25) is 5.91 Å². The number of nitrogens with one attached hydrogen (secondary N) is 2. The van der Waals surface area contributed by atoms with E-state index >= 15 is 0 Å². The molecule has 0 aliphatic rings. The van der Waals surface area contributed by atoms with Gasteiger partial charge in [0.15, 0.2) is 0 Å². The van der Waals surface area contributed by atoms with Crippen LogP contribution in [0.4, 0.5) is 0 Å². The molecule has 0 rings (SSSR count). The topological polar surface area (TPSA) is 61.4 Å². The molecule has 4 nitrogen and oxygen atoms in total. The lowest BCUT2D eigenvalue weighted by atomic mass is 10.1. The normalized spacial score (nSPS) is 12.6. The largest absolute Gasteiger partial charge is 0.396 e. The second-order valence-electron chi connectivity index (χ2n) is 2.83. The fourth-order valence-electron chi connectivity index (χ4n) is 0.864. The van der Waals surface area contributed by atoms with Crippen molar-refractivity contribution in [2.75, 3.05) is 26.7 Å². The fourth-order valence-corrected chi connectivity index (χ4v) is 0.864. The third kappa shape index (κ3) is 5.09. The van der Waals surface area contributed by atoms with E-state index in [2.05, 4.69) is 10.6 Å². The predicted molar refractivity (Wildman–Crippen MR) is 47.8 cm³/mol. The van der Waals surface area contributed by atoms with Crippen molar-refractivity contribution >= 4 is 5.91 Å². The lowest BCUT2D eigenvalue weighted by Crippen LogP contribution is -2.35. The molecule has 0 saturated heterocycles. The van der Waals surface area contributed by atoms with Crippen LogP contribution in [-0.2, 0) is 4.79 Å². The van der Waals surface area contributed by atoms with Gasteiger partial charge in [0.25, 0.3) is 0 Å². The summed E-state index contributed by atoms with van der Waals surface area (Å²) in [5.41, 5.74) is 0. The van der Waals surface area contributed by atoms with Crippen LogP contribution in [0.1, 0.15) is 13.3 Å². The molecule has 1 atom stereocenters. The maximum Gasteiger partial charge on any atom is 0.224 e. The van der Waals surface area contributed by atoms with Gasteiger partial charge in [-0.05, 0) is 13.5 Å². The van der Waals surface area contributed by atoms with Gasteiger partial charge in [-0.15, -0.1) is 0 Å². The molecule has 0 saturated carbocycles. The number of hydrogen-bond donors (Lipinski definition) is 3. The van der Waals surface area contributed by atoms with E-state index in [4.69, 9.17) is 5.11 Å². The highest BCUT2D eigenvalue weighted by Crippen LogP contribution is 1.91. The standard InChI is InChI=1S/C8H18N2O2/c1-7(6-9-2)8(12)10-4-3-5-11/h7,9,11H,3-6H2,1-2H3,(H,10,12). The van der Waals surface area contributed by atoms with E-state index in [0.717, 1.165) is 0 Å². The highest BCUT2D eigenvalue weighted by atomic mass is 16.3. The SMILES string of the molecule is CNCC(C)C(=O)NCCCO. The van der Waals surface area contributed by atoms with Crippen molar-refractivity contribution < 1.29 is 9.90 Å². The number of hydrogen-bond acceptors (Lipinski definition) is 3. The van der Waals surface area contributed by atoms with Gasteiger partial charge in [-0.3, -0.25) is 4.79 Å². The first kappa shape index (κ1) is 11.4. The predicted octanol–water partition coefficient (Wildman–Crippen LogP) is -0.659. The molecule has 0 heterocycles. The molecule has 1 amide bonds. The van der Waals surface area contributed by atoms with E-state index in [1.165, 1.54) is 0 Å². The van der Waals surface area contributed by atoms with E-state index < -0.39 is 0 Å². The zero-order chi connectivity index (χ0) is 9.40. The number of aliphatic hydroxyl groups excluding tert-OH is 1. The number of carbonyl (C=O) groups is 1. The van der Waals surface area contributed by atoms with E-state index in [0.29, 0.717) is 19.5 Å². The highest BCUT2D eigenvalue weighted by Gasteiger charge is 2.09. The molecule has 0 bridgehead atoms. The minimum Gasteiger partial charge on any atom is -0.396 e. The van der Waals surface area contributed by atoms with Crippen LogP contribution >= 0.6 is 0 Å². The summed E-state index contributed by atoms with van der Waals surface area (Å²) in [6, 6.07) is 0. The lowest BCUT2D eigenvalue weighted by molar-refractivity contribution is -0.124. The van der Waals surface area contributed by atoms with Gasteiger partial charge in [-0.2, -0.15) is 0 Å². The van der Waals surface area contributed by atoms with Crippen LogP contribution in [0, 0.1) is 5.92 Å². The zero-order valence-corrected chi connectivity index (χ0v) is 7.76. The van der Waals surface area contributed by atoms with Crippen molar-refractivity contribution in [3.63, 3.8) is 0 Å². The summed E-state index contributed by atoms with van der Waals surface area (Å²) in [5, 5.41) is 14.1. The first-order valence-corrected chi connectivity index (χ1v) is 4.25. The molecule has 0 spiro atoms. The molecule has 1 unspecified atom stereocenters. The van der Waals surface area contributed by atoms with Crippen LogP contribution in [0.15, 0.2) is 0 Å². The Bertz CT molecular complexity index is 128. The Morgan fingerprint density at radius 2 is 2.25 bits per heavy atom. The van der Waals surface area contributed by atoms with Gasteiger partial charge in [0, 0.05) is 25.6 Å². The second kappa shape index (κ2) is 7.06. The number of aliphatic hydroxyl groups is 1. The Morgan fingerprint density at radius 1 is 1.58 bits per heavy atom. The van der Waals surface area contributed by atoms with Crippen molar-refractivity contribution in [3.8, 4) is 0 Å². The van der Waals surface area contributed by atoms with Crippen LogP contribution in [0.5, 0.6) is 0 Å². The summed E-state index contributed by atoms with van der Waals surface area (Å²) >= 11 is 0. The van der Waals surface area contributed by atoms with Crippen LogP contribution in [0.25, 0.3) is 0 Å². The molecule has 4 heteroatoms. The Labute approximate surface area is 73.3 Å². The lowest BCUT2D eigenvalue weighted by Gasteiger charge is -2.10. The molecular weight excluding hydrogens is 156 g/mol. The first-order valence-electron chi connectivity index (χ1n) is 4.25. The smallest absolute Gasteiger partial charge is 0.224 e. The van der Waals surface area contributed by atoms with E-state index in [9.17, 15) is 4.79 Å². The molecule has 0 aliphatic carbocycles. The average Bonchev–Trinajstić information content (AvgIpc) is 2.05. The summed E-state index contributed by atoms with van der Waals surface area (Å²) in [6.07, 6.45) is 0.623. The van der Waals surface area contributed by atoms with Crippen molar-refractivity contribution in [3.05, 3.63) is 0 Å². The highest BCUT2D eigenvalue weighted by molar-refractivity contribution is 5.78. The molecule has 0 fully saturated rings. The first-order chi connectivity index (χ1) is 5.72. The van der Waals surface area contributed by atoms with Crippen molar-refractivity contribution in [1.29, 1.82) is 0 Å². The quantitative estimate of drug-likeness (QED) is 0.468. The van der Waals surface area contributed by atoms with E-state index in [-0.39, 0.29) is 18.4 Å². The van der Waals surface area contributed by atoms with Crippen LogP contribution in [-0.4, -0.2) is 37.8 Å². The number of amides is 1. The van der Waals surface area contributed by atoms with Crippen molar-refractivity contribution in [2.24, 2.45) is 5.92 Å². The monoisotopic (exact) mass is 174 g/mol. The summed E-state index contributed by atoms with van der Waals surface area (Å²) in [5.74, 6) is 0.0338. The zero-order valence-electron chi connectivity index (χ0n) is 7.76. The molecule has 0 aliphatic heterocycles. The van der Waals surface area contributed by atoms with Gasteiger partial charge in [0.05, 0.1) is 0 Å². The van der Waals surface area contributed by atoms with Gasteiger partial charge < -0.3 is 15.7 Å². The Hall–Kier alpha value is -0.610. The third-order valence-corrected chi connectivity index (χ3v) is 1.59. The van der Waals surface area contributed by atoms with Crippen LogP contribution in [0.2, 0.25) is 0 Å². The fraction of sp³-hybridized carbons (Fsp3) is 0.875. The van der Waals surface area contributed by atoms with Gasteiger partial charge >= 0.3 is 0 Å². The Balaban J connectivity index is 3.43. The van der Waals surface area contributed by atoms with Crippen LogP contribution < -0.4 is 10.6 Å². The van der Waals surface area contributed by atoms with Gasteiger partial charge in [-0.25, -0.2) is 0 Å². The minimum absolute atomic E-state index is 0.00584. The molecular formula is C8H18N2O2. The summed E-state index contributed by atoms with van der Waals surface area (Å²) in [6.45, 7) is 3.24. The van der Waals surface area contributed by atoms with Crippen LogP contribution in [0.3, 0.4) is 0 Å². The minimum atomic E-state index is -0.00584. The number of rotatable bonds is 6. The third-order valence-electron chi connectivity index (χ3n) is 1.59. The molecule has 3 N–H and O–H groups in total. The molecule has 0 aromatic rings. The maximum atomic E-state index is 11.2. The van der Waals surface area contributed by atoms with Gasteiger partial charge in [0.1, 0.15) is 0 Å². The van der Waals surface area contributed by atoms with E-state index in [1.807, 2.05) is 14.0 Å². The Kier molecular flexibility index (Phi) is 6.70. The summed E-state index contributed by atoms with van der Waals surface area (Å²) in [7, 11) is 1.82. The van der Waals surface area contributed by atoms with E-state index in [1.54, 1.807) is 0 Å². The maximum absolute atomic E-state index is 11.2. The van der Waals surface area contributed by atoms with Crippen molar-refractivity contribution in [2.45, 2.75) is 13.3 Å². The average molecular weight is 174 g/mol. The molecule has 72 valence electrons. The second-order valence-corrected chi connectivity index (χ2v) is 2.83. The number of carbonyl (C=O) groups excluding carboxylic acids is 1. The molecule has 0 aromatic carbocycles. The summed E-state index contributed by atoms with van der Waals surface area (Å²) in [4.78, 5) is 11.2. The molecule has 12 heavy (non-hydrogen) atoms. The Morgan fingerprint density at radius 3 is 2.75 bits per heavy atom. The van der Waals surface area contributed by atoms with Gasteiger partial charge in [-0.1, -0.05) is 6.92 Å². The molecule has 0 aromatic heterocycles. The van der Waals surface area contributed by atoms with Crippen molar-refractivity contribution in [1.82, 2.24) is 10.6 Å².